The van der Waals surface area contributed by atoms with Crippen LogP contribution in [0.3, 0.4) is 0 Å². The van der Waals surface area contributed by atoms with E-state index >= 15 is 0 Å². The highest BCUT2D eigenvalue weighted by Crippen LogP contribution is 2.29. The van der Waals surface area contributed by atoms with Crippen molar-refractivity contribution in [3.8, 4) is 0 Å². The van der Waals surface area contributed by atoms with Gasteiger partial charge >= 0.3 is 0 Å². The van der Waals surface area contributed by atoms with Crippen LogP contribution >= 0.6 is 22.9 Å². The highest BCUT2D eigenvalue weighted by atomic mass is 35.5. The van der Waals surface area contributed by atoms with Crippen LogP contribution in [-0.2, 0) is 13.6 Å². The zero-order valence-corrected chi connectivity index (χ0v) is 12.5. The molecule has 1 amide bonds. The number of para-hydroxylation sites is 1. The zero-order valence-electron chi connectivity index (χ0n) is 10.9. The number of aromatic nitrogens is 1. The van der Waals surface area contributed by atoms with Crippen molar-refractivity contribution in [2.24, 2.45) is 7.05 Å². The Morgan fingerprint density at radius 1 is 1.30 bits per heavy atom. The summed E-state index contributed by atoms with van der Waals surface area (Å²) in [5.74, 6) is -0.151. The van der Waals surface area contributed by atoms with Gasteiger partial charge in [0.2, 0.25) is 0 Å². The molecule has 3 aromatic rings. The van der Waals surface area contributed by atoms with E-state index in [0.717, 1.165) is 15.8 Å². The average molecular weight is 305 g/mol. The molecule has 0 atom stereocenters. The Morgan fingerprint density at radius 2 is 2.10 bits per heavy atom. The van der Waals surface area contributed by atoms with E-state index in [9.17, 15) is 4.79 Å². The molecule has 2 aromatic heterocycles. The third kappa shape index (κ3) is 2.21. The Kier molecular flexibility index (Phi) is 3.51. The Balaban J connectivity index is 1.91. The second-order valence-corrected chi connectivity index (χ2v) is 5.91. The Morgan fingerprint density at radius 3 is 2.80 bits per heavy atom. The molecule has 20 heavy (non-hydrogen) atoms. The molecule has 0 aliphatic carbocycles. The molecule has 0 spiro atoms. The van der Waals surface area contributed by atoms with Crippen molar-refractivity contribution in [1.29, 1.82) is 0 Å². The number of nitrogens with one attached hydrogen (secondary N) is 1. The van der Waals surface area contributed by atoms with Gasteiger partial charge in [0.25, 0.3) is 5.91 Å². The summed E-state index contributed by atoms with van der Waals surface area (Å²) in [6.45, 7) is 0.522. The number of halogens is 1. The molecule has 0 fully saturated rings. The zero-order chi connectivity index (χ0) is 14.1. The molecule has 3 rings (SSSR count). The fourth-order valence-corrected chi connectivity index (χ4v) is 3.28. The molecular formula is C15H13ClN2OS. The van der Waals surface area contributed by atoms with Crippen LogP contribution in [0.1, 0.15) is 15.4 Å². The van der Waals surface area contributed by atoms with Crippen molar-refractivity contribution in [2.45, 2.75) is 6.54 Å². The van der Waals surface area contributed by atoms with Crippen LogP contribution in [-0.4, -0.2) is 10.5 Å². The SMILES string of the molecule is Cn1c(C(=O)NCc2cccs2)c(Cl)c2ccccc21. The molecule has 0 saturated carbocycles. The smallest absolute Gasteiger partial charge is 0.269 e. The third-order valence-corrected chi connectivity index (χ3v) is 4.52. The minimum atomic E-state index is -0.151. The Bertz CT molecular complexity index is 723. The number of nitrogens with zero attached hydrogens (tertiary/aromatic N) is 1. The number of hydrogen-bond donors (Lipinski definition) is 1. The highest BCUT2D eigenvalue weighted by Gasteiger charge is 2.19. The number of fused-ring (bicyclic) bond motifs is 1. The van der Waals surface area contributed by atoms with E-state index in [2.05, 4.69) is 5.32 Å². The van der Waals surface area contributed by atoms with Gasteiger partial charge in [-0.05, 0) is 17.5 Å². The molecule has 3 nitrogen and oxygen atoms in total. The number of carbonyl (C=O) groups excluding carboxylic acids is 1. The number of aryl methyl sites for hydroxylation is 1. The lowest BCUT2D eigenvalue weighted by Crippen LogP contribution is -2.24. The van der Waals surface area contributed by atoms with Crippen LogP contribution in [0.4, 0.5) is 0 Å². The monoisotopic (exact) mass is 304 g/mol. The summed E-state index contributed by atoms with van der Waals surface area (Å²) in [5.41, 5.74) is 1.46. The molecule has 0 aliphatic heterocycles. The molecule has 0 aliphatic rings. The molecule has 0 bridgehead atoms. The van der Waals surface area contributed by atoms with Crippen molar-refractivity contribution in [3.63, 3.8) is 0 Å². The number of rotatable bonds is 3. The number of amides is 1. The van der Waals surface area contributed by atoms with E-state index < -0.39 is 0 Å². The van der Waals surface area contributed by atoms with Crippen molar-refractivity contribution >= 4 is 39.7 Å². The molecule has 0 radical (unpaired) electrons. The van der Waals surface area contributed by atoms with Gasteiger partial charge in [0.05, 0.1) is 11.6 Å². The van der Waals surface area contributed by atoms with Gasteiger partial charge in [-0.3, -0.25) is 4.79 Å². The van der Waals surface area contributed by atoms with Crippen LogP contribution in [0.5, 0.6) is 0 Å². The second-order valence-electron chi connectivity index (χ2n) is 4.50. The molecule has 0 saturated heterocycles. The maximum atomic E-state index is 12.3. The highest BCUT2D eigenvalue weighted by molar-refractivity contribution is 7.09. The van der Waals surface area contributed by atoms with E-state index in [0.29, 0.717) is 17.3 Å². The van der Waals surface area contributed by atoms with Crippen LogP contribution < -0.4 is 5.32 Å². The number of hydrogen-bond acceptors (Lipinski definition) is 2. The van der Waals surface area contributed by atoms with Crippen LogP contribution in [0, 0.1) is 0 Å². The van der Waals surface area contributed by atoms with Gasteiger partial charge in [0, 0.05) is 22.8 Å². The number of carbonyl (C=O) groups is 1. The van der Waals surface area contributed by atoms with E-state index in [1.165, 1.54) is 0 Å². The van der Waals surface area contributed by atoms with Gasteiger partial charge in [0.1, 0.15) is 5.69 Å². The normalized spacial score (nSPS) is 10.9. The summed E-state index contributed by atoms with van der Waals surface area (Å²) in [6, 6.07) is 11.7. The Labute approximate surface area is 125 Å². The minimum Gasteiger partial charge on any atom is -0.346 e. The summed E-state index contributed by atoms with van der Waals surface area (Å²) in [6.07, 6.45) is 0. The van der Waals surface area contributed by atoms with Gasteiger partial charge in [-0.2, -0.15) is 0 Å². The summed E-state index contributed by atoms with van der Waals surface area (Å²) >= 11 is 7.96. The first-order valence-corrected chi connectivity index (χ1v) is 7.47. The van der Waals surface area contributed by atoms with Crippen molar-refractivity contribution in [1.82, 2.24) is 9.88 Å². The second kappa shape index (κ2) is 5.31. The molecule has 5 heteroatoms. The van der Waals surface area contributed by atoms with Crippen molar-refractivity contribution in [3.05, 3.63) is 57.4 Å². The molecule has 1 N–H and O–H groups in total. The van der Waals surface area contributed by atoms with Gasteiger partial charge in [-0.15, -0.1) is 11.3 Å². The van der Waals surface area contributed by atoms with Gasteiger partial charge < -0.3 is 9.88 Å². The van der Waals surface area contributed by atoms with Gasteiger partial charge in [0.15, 0.2) is 0 Å². The molecule has 0 unspecified atom stereocenters. The topological polar surface area (TPSA) is 34.0 Å². The first-order valence-electron chi connectivity index (χ1n) is 6.22. The van der Waals surface area contributed by atoms with Crippen LogP contribution in [0.25, 0.3) is 10.9 Å². The molecule has 102 valence electrons. The summed E-state index contributed by atoms with van der Waals surface area (Å²) in [5, 5.41) is 6.31. The van der Waals surface area contributed by atoms with E-state index in [4.69, 9.17) is 11.6 Å². The number of thiophene rings is 1. The minimum absolute atomic E-state index is 0.151. The van der Waals surface area contributed by atoms with E-state index in [1.54, 1.807) is 11.3 Å². The van der Waals surface area contributed by atoms with Gasteiger partial charge in [-0.25, -0.2) is 0 Å². The fourth-order valence-electron chi connectivity index (χ4n) is 2.26. The summed E-state index contributed by atoms with van der Waals surface area (Å²) in [4.78, 5) is 13.5. The lowest BCUT2D eigenvalue weighted by Gasteiger charge is -2.06. The lowest BCUT2D eigenvalue weighted by molar-refractivity contribution is 0.0944. The van der Waals surface area contributed by atoms with Gasteiger partial charge in [-0.1, -0.05) is 35.9 Å². The van der Waals surface area contributed by atoms with Crippen molar-refractivity contribution in [2.75, 3.05) is 0 Å². The Hall–Kier alpha value is -1.78. The average Bonchev–Trinajstić information content (AvgIpc) is 3.05. The summed E-state index contributed by atoms with van der Waals surface area (Å²) < 4.78 is 1.83. The quantitative estimate of drug-likeness (QED) is 0.784. The first-order chi connectivity index (χ1) is 9.68. The van der Waals surface area contributed by atoms with Crippen molar-refractivity contribution < 1.29 is 4.79 Å². The molecule has 2 heterocycles. The molecular weight excluding hydrogens is 292 g/mol. The standard InChI is InChI=1S/C15H13ClN2OS/c1-18-12-7-3-2-6-11(12)13(16)14(18)15(19)17-9-10-5-4-8-20-10/h2-8H,9H2,1H3,(H,17,19). The predicted molar refractivity (Wildman–Crippen MR) is 83.4 cm³/mol. The van der Waals surface area contributed by atoms with E-state index in [1.807, 2.05) is 53.4 Å². The van der Waals surface area contributed by atoms with Crippen LogP contribution in [0.2, 0.25) is 5.02 Å². The number of benzene rings is 1. The maximum absolute atomic E-state index is 12.3. The van der Waals surface area contributed by atoms with Crippen LogP contribution in [0.15, 0.2) is 41.8 Å². The predicted octanol–water partition coefficient (Wildman–Crippen LogP) is 3.82. The molecule has 1 aromatic carbocycles. The third-order valence-electron chi connectivity index (χ3n) is 3.26. The first kappa shape index (κ1) is 13.2. The largest absolute Gasteiger partial charge is 0.346 e. The fraction of sp³-hybridized carbons (Fsp3) is 0.133. The van der Waals surface area contributed by atoms with E-state index in [-0.39, 0.29) is 5.91 Å². The maximum Gasteiger partial charge on any atom is 0.269 e. The lowest BCUT2D eigenvalue weighted by atomic mass is 10.2. The summed E-state index contributed by atoms with van der Waals surface area (Å²) in [7, 11) is 1.86.